The molecule has 0 fully saturated rings. The molecule has 1 aliphatic carbocycles. The molecular formula is C9H9N3. The van der Waals surface area contributed by atoms with Crippen LogP contribution in [-0.4, -0.2) is 5.71 Å². The van der Waals surface area contributed by atoms with Crippen molar-refractivity contribution in [3.05, 3.63) is 41.5 Å². The summed E-state index contributed by atoms with van der Waals surface area (Å²) in [5, 5.41) is 3.64. The summed E-state index contributed by atoms with van der Waals surface area (Å²) in [6.07, 6.45) is 1.78. The Balaban J connectivity index is 2.67. The second-order valence-corrected chi connectivity index (χ2v) is 2.66. The van der Waals surface area contributed by atoms with Gasteiger partial charge in [0, 0.05) is 16.8 Å². The van der Waals surface area contributed by atoms with E-state index in [0.717, 1.165) is 22.5 Å². The lowest BCUT2D eigenvalue weighted by Crippen LogP contribution is -1.97. The van der Waals surface area contributed by atoms with Crippen molar-refractivity contribution in [2.45, 2.75) is 0 Å². The Morgan fingerprint density at radius 3 is 2.42 bits per heavy atom. The fourth-order valence-electron chi connectivity index (χ4n) is 1.37. The van der Waals surface area contributed by atoms with E-state index in [-0.39, 0.29) is 0 Å². The van der Waals surface area contributed by atoms with Crippen molar-refractivity contribution in [2.24, 2.45) is 16.7 Å². The fourth-order valence-corrected chi connectivity index (χ4v) is 1.37. The molecule has 60 valence electrons. The van der Waals surface area contributed by atoms with Crippen LogP contribution in [0.4, 0.5) is 0 Å². The molecule has 0 amide bonds. The van der Waals surface area contributed by atoms with Crippen LogP contribution in [0.5, 0.6) is 0 Å². The normalized spacial score (nSPS) is 17.7. The molecule has 3 heteroatoms. The minimum absolute atomic E-state index is 0.731. The molecule has 4 N–H and O–H groups in total. The lowest BCUT2D eigenvalue weighted by molar-refractivity contribution is 1.25. The van der Waals surface area contributed by atoms with Gasteiger partial charge in [0.25, 0.3) is 0 Å². The number of benzene rings is 1. The lowest BCUT2D eigenvalue weighted by atomic mass is 10.1. The van der Waals surface area contributed by atoms with Gasteiger partial charge in [-0.2, -0.15) is 5.10 Å². The zero-order valence-corrected chi connectivity index (χ0v) is 6.49. The Bertz CT molecular complexity index is 377. The smallest absolute Gasteiger partial charge is 0.0926 e. The minimum atomic E-state index is 0.731. The third kappa shape index (κ3) is 0.797. The molecule has 0 radical (unpaired) electrons. The molecule has 2 rings (SSSR count). The van der Waals surface area contributed by atoms with Crippen LogP contribution in [0.1, 0.15) is 11.1 Å². The number of nitrogens with zero attached hydrogens (tertiary/aromatic N) is 1. The van der Waals surface area contributed by atoms with Crippen LogP contribution in [0.3, 0.4) is 0 Å². The van der Waals surface area contributed by atoms with Crippen LogP contribution >= 0.6 is 0 Å². The van der Waals surface area contributed by atoms with Crippen molar-refractivity contribution in [3.63, 3.8) is 0 Å². The quantitative estimate of drug-likeness (QED) is 0.431. The summed E-state index contributed by atoms with van der Waals surface area (Å²) in [5.74, 6) is 5.20. The highest BCUT2D eigenvalue weighted by atomic mass is 15.1. The number of hydrogen-bond acceptors (Lipinski definition) is 3. The number of allylic oxidation sites excluding steroid dienone is 1. The molecule has 0 spiro atoms. The van der Waals surface area contributed by atoms with Gasteiger partial charge in [-0.3, -0.25) is 0 Å². The highest BCUT2D eigenvalue weighted by molar-refractivity contribution is 6.18. The second kappa shape index (κ2) is 2.37. The predicted octanol–water partition coefficient (Wildman–Crippen LogP) is 0.663. The van der Waals surface area contributed by atoms with Crippen molar-refractivity contribution >= 4 is 11.4 Å². The van der Waals surface area contributed by atoms with Gasteiger partial charge in [0.1, 0.15) is 0 Å². The number of hydrogen-bond donors (Lipinski definition) is 2. The van der Waals surface area contributed by atoms with Crippen molar-refractivity contribution in [1.82, 2.24) is 0 Å². The number of nitrogens with two attached hydrogens (primary N) is 2. The summed E-state index contributed by atoms with van der Waals surface area (Å²) >= 11 is 0. The highest BCUT2D eigenvalue weighted by Gasteiger charge is 2.15. The summed E-state index contributed by atoms with van der Waals surface area (Å²) in [6.45, 7) is 0. The molecule has 0 saturated heterocycles. The summed E-state index contributed by atoms with van der Waals surface area (Å²) in [5.41, 5.74) is 9.25. The van der Waals surface area contributed by atoms with E-state index in [4.69, 9.17) is 11.6 Å². The predicted molar refractivity (Wildman–Crippen MR) is 49.3 cm³/mol. The molecule has 1 aromatic carbocycles. The van der Waals surface area contributed by atoms with E-state index < -0.39 is 0 Å². The third-order valence-corrected chi connectivity index (χ3v) is 1.95. The van der Waals surface area contributed by atoms with Crippen LogP contribution in [0, 0.1) is 0 Å². The van der Waals surface area contributed by atoms with Gasteiger partial charge in [-0.25, -0.2) is 0 Å². The number of hydrazone groups is 1. The first-order chi connectivity index (χ1) is 5.83. The maximum atomic E-state index is 5.74. The van der Waals surface area contributed by atoms with E-state index >= 15 is 0 Å². The Kier molecular flexibility index (Phi) is 1.37. The maximum absolute atomic E-state index is 5.74. The minimum Gasteiger partial charge on any atom is -0.398 e. The van der Waals surface area contributed by atoms with Crippen LogP contribution in [0.2, 0.25) is 0 Å². The van der Waals surface area contributed by atoms with Gasteiger partial charge in [-0.15, -0.1) is 0 Å². The topological polar surface area (TPSA) is 64.4 Å². The van der Waals surface area contributed by atoms with Crippen LogP contribution in [0.15, 0.2) is 35.4 Å². The van der Waals surface area contributed by atoms with Gasteiger partial charge in [-0.1, -0.05) is 24.3 Å². The summed E-state index contributed by atoms with van der Waals surface area (Å²) in [4.78, 5) is 0. The van der Waals surface area contributed by atoms with Gasteiger partial charge in [0.05, 0.1) is 5.71 Å². The van der Waals surface area contributed by atoms with Crippen molar-refractivity contribution in [2.75, 3.05) is 0 Å². The maximum Gasteiger partial charge on any atom is 0.0926 e. The van der Waals surface area contributed by atoms with E-state index in [0.29, 0.717) is 0 Å². The van der Waals surface area contributed by atoms with E-state index in [9.17, 15) is 0 Å². The summed E-state index contributed by atoms with van der Waals surface area (Å²) < 4.78 is 0. The molecular weight excluding hydrogens is 150 g/mol. The summed E-state index contributed by atoms with van der Waals surface area (Å²) in [6, 6.07) is 7.80. The molecule has 0 atom stereocenters. The molecule has 0 bridgehead atoms. The summed E-state index contributed by atoms with van der Waals surface area (Å²) in [7, 11) is 0. The molecule has 3 nitrogen and oxygen atoms in total. The Hall–Kier alpha value is -1.77. The molecule has 1 aromatic rings. The fraction of sp³-hybridized carbons (Fsp3) is 0. The SMILES string of the molecule is NN=C1C=C(N)c2ccccc21. The van der Waals surface area contributed by atoms with E-state index in [1.165, 1.54) is 0 Å². The van der Waals surface area contributed by atoms with Crippen molar-refractivity contribution < 1.29 is 0 Å². The largest absolute Gasteiger partial charge is 0.398 e. The Morgan fingerprint density at radius 2 is 1.75 bits per heavy atom. The zero-order chi connectivity index (χ0) is 8.55. The van der Waals surface area contributed by atoms with Gasteiger partial charge in [0.15, 0.2) is 0 Å². The van der Waals surface area contributed by atoms with Crippen molar-refractivity contribution in [3.8, 4) is 0 Å². The van der Waals surface area contributed by atoms with Gasteiger partial charge in [-0.05, 0) is 6.08 Å². The molecule has 0 heterocycles. The van der Waals surface area contributed by atoms with Crippen LogP contribution in [0.25, 0.3) is 5.70 Å². The number of rotatable bonds is 0. The highest BCUT2D eigenvalue weighted by Crippen LogP contribution is 2.23. The molecule has 12 heavy (non-hydrogen) atoms. The third-order valence-electron chi connectivity index (χ3n) is 1.95. The van der Waals surface area contributed by atoms with Gasteiger partial charge in [0.2, 0.25) is 0 Å². The Labute approximate surface area is 70.4 Å². The first-order valence-electron chi connectivity index (χ1n) is 3.68. The zero-order valence-electron chi connectivity index (χ0n) is 6.49. The van der Waals surface area contributed by atoms with E-state index in [1.54, 1.807) is 6.08 Å². The monoisotopic (exact) mass is 159 g/mol. The second-order valence-electron chi connectivity index (χ2n) is 2.66. The average molecular weight is 159 g/mol. The first-order valence-corrected chi connectivity index (χ1v) is 3.68. The number of fused-ring (bicyclic) bond motifs is 1. The van der Waals surface area contributed by atoms with E-state index in [2.05, 4.69) is 5.10 Å². The van der Waals surface area contributed by atoms with E-state index in [1.807, 2.05) is 24.3 Å². The van der Waals surface area contributed by atoms with Crippen molar-refractivity contribution in [1.29, 1.82) is 0 Å². The molecule has 0 aliphatic heterocycles. The standard InChI is InChI=1S/C9H9N3/c10-8-5-9(12-11)7-4-2-1-3-6(7)8/h1-5H,10-11H2. The van der Waals surface area contributed by atoms with Gasteiger partial charge < -0.3 is 11.6 Å². The molecule has 0 unspecified atom stereocenters. The molecule has 0 saturated carbocycles. The van der Waals surface area contributed by atoms with Gasteiger partial charge >= 0.3 is 0 Å². The average Bonchev–Trinajstić information content (AvgIpc) is 2.44. The molecule has 0 aromatic heterocycles. The lowest BCUT2D eigenvalue weighted by Gasteiger charge is -1.98. The van der Waals surface area contributed by atoms with Crippen LogP contribution in [-0.2, 0) is 0 Å². The molecule has 1 aliphatic rings. The first kappa shape index (κ1) is 6.91. The Morgan fingerprint density at radius 1 is 1.08 bits per heavy atom. The van der Waals surface area contributed by atoms with Crippen LogP contribution < -0.4 is 11.6 Å².